The maximum absolute atomic E-state index is 13.9. The molecule has 0 aliphatic rings. The number of aromatic nitrogens is 2. The van der Waals surface area contributed by atoms with E-state index in [2.05, 4.69) is 21.8 Å². The molecule has 1 N–H and O–H groups in total. The molecule has 21 heavy (non-hydrogen) atoms. The molecule has 0 aliphatic carbocycles. The van der Waals surface area contributed by atoms with Crippen molar-refractivity contribution in [2.24, 2.45) is 0 Å². The summed E-state index contributed by atoms with van der Waals surface area (Å²) in [7, 11) is 0. The van der Waals surface area contributed by atoms with Gasteiger partial charge in [-0.25, -0.2) is 4.39 Å². The third-order valence-corrected chi connectivity index (χ3v) is 4.39. The first kappa shape index (κ1) is 16.3. The lowest BCUT2D eigenvalue weighted by atomic mass is 10.0. The number of nitrogens with one attached hydrogen (secondary N) is 1. The minimum absolute atomic E-state index is 0.0181. The molecule has 0 amide bonds. The normalized spacial score (nSPS) is 12.6. The second-order valence-corrected chi connectivity index (χ2v) is 6.11. The molecule has 1 unspecified atom stereocenters. The minimum atomic E-state index is -0.225. The molecule has 114 valence electrons. The number of halogens is 2. The first-order valence-corrected chi connectivity index (χ1v) is 8.29. The van der Waals surface area contributed by atoms with Crippen LogP contribution in [0.2, 0.25) is 5.02 Å². The molecule has 3 nitrogen and oxygen atoms in total. The zero-order valence-electron chi connectivity index (χ0n) is 12.2. The number of benzene rings is 1. The Bertz CT molecular complexity index is 588. The summed E-state index contributed by atoms with van der Waals surface area (Å²) in [6, 6.07) is 4.69. The lowest BCUT2D eigenvalue weighted by molar-refractivity contribution is 0.530. The molecular formula is C15H19ClFN3S. The number of rotatable bonds is 7. The van der Waals surface area contributed by atoms with Gasteiger partial charge in [0.2, 0.25) is 0 Å². The summed E-state index contributed by atoms with van der Waals surface area (Å²) in [4.78, 5) is 1.10. The zero-order chi connectivity index (χ0) is 15.2. The average molecular weight is 328 g/mol. The topological polar surface area (TPSA) is 37.8 Å². The smallest absolute Gasteiger partial charge is 0.126 e. The summed E-state index contributed by atoms with van der Waals surface area (Å²) in [5, 5.41) is 8.15. The molecular weight excluding hydrogens is 309 g/mol. The van der Waals surface area contributed by atoms with Gasteiger partial charge in [-0.1, -0.05) is 36.4 Å². The van der Waals surface area contributed by atoms with Crippen molar-refractivity contribution in [2.45, 2.75) is 39.2 Å². The molecule has 0 bridgehead atoms. The van der Waals surface area contributed by atoms with Gasteiger partial charge in [0.25, 0.3) is 0 Å². The quantitative estimate of drug-likeness (QED) is 0.829. The summed E-state index contributed by atoms with van der Waals surface area (Å²) in [5.74, 6) is -0.225. The summed E-state index contributed by atoms with van der Waals surface area (Å²) < 4.78 is 18.0. The van der Waals surface area contributed by atoms with Crippen LogP contribution in [0.3, 0.4) is 0 Å². The Morgan fingerprint density at radius 3 is 2.90 bits per heavy atom. The van der Waals surface area contributed by atoms with Crippen molar-refractivity contribution in [3.05, 3.63) is 45.2 Å². The lowest BCUT2D eigenvalue weighted by Crippen LogP contribution is -2.23. The van der Waals surface area contributed by atoms with Crippen LogP contribution in [0.25, 0.3) is 0 Å². The Hall–Kier alpha value is -1.04. The standard InChI is InChI=1S/C15H19ClFN3S/c1-3-5-13-15(21-20-19-13)14(18-4-2)9-10-8-11(16)6-7-12(10)17/h6-8,14,18H,3-5,9H2,1-2H3. The molecule has 1 heterocycles. The maximum atomic E-state index is 13.9. The molecule has 1 atom stereocenters. The van der Waals surface area contributed by atoms with Gasteiger partial charge in [-0.15, -0.1) is 5.10 Å². The summed E-state index contributed by atoms with van der Waals surface area (Å²) in [6.07, 6.45) is 2.45. The van der Waals surface area contributed by atoms with Crippen LogP contribution < -0.4 is 5.32 Å². The molecule has 0 aliphatic heterocycles. The predicted molar refractivity (Wildman–Crippen MR) is 85.4 cm³/mol. The Labute approximate surface area is 133 Å². The van der Waals surface area contributed by atoms with Crippen molar-refractivity contribution in [3.8, 4) is 0 Å². The molecule has 0 fully saturated rings. The van der Waals surface area contributed by atoms with Gasteiger partial charge in [0.05, 0.1) is 10.6 Å². The molecule has 0 saturated heterocycles. The van der Waals surface area contributed by atoms with E-state index in [1.165, 1.54) is 17.6 Å². The van der Waals surface area contributed by atoms with Crippen LogP contribution in [0.1, 0.15) is 42.4 Å². The van der Waals surface area contributed by atoms with E-state index < -0.39 is 0 Å². The maximum Gasteiger partial charge on any atom is 0.126 e. The highest BCUT2D eigenvalue weighted by atomic mass is 35.5. The fraction of sp³-hybridized carbons (Fsp3) is 0.467. The number of likely N-dealkylation sites (N-methyl/N-ethyl adjacent to an activating group) is 1. The second kappa shape index (κ2) is 7.82. The molecule has 0 radical (unpaired) electrons. The number of nitrogens with zero attached hydrogens (tertiary/aromatic N) is 2. The fourth-order valence-corrected chi connectivity index (χ4v) is 3.28. The predicted octanol–water partition coefficient (Wildman–Crippen LogP) is 4.18. The van der Waals surface area contributed by atoms with Crippen LogP contribution in [0.5, 0.6) is 0 Å². The molecule has 6 heteroatoms. The van der Waals surface area contributed by atoms with Crippen molar-refractivity contribution >= 4 is 23.1 Å². The molecule has 2 rings (SSSR count). The van der Waals surface area contributed by atoms with E-state index in [0.717, 1.165) is 30.0 Å². The van der Waals surface area contributed by atoms with Gasteiger partial charge in [-0.3, -0.25) is 0 Å². The summed E-state index contributed by atoms with van der Waals surface area (Å²) >= 11 is 7.36. The number of hydrogen-bond acceptors (Lipinski definition) is 4. The van der Waals surface area contributed by atoms with E-state index in [1.807, 2.05) is 6.92 Å². The van der Waals surface area contributed by atoms with Crippen LogP contribution in [-0.4, -0.2) is 16.1 Å². The summed E-state index contributed by atoms with van der Waals surface area (Å²) in [6.45, 7) is 4.95. The van der Waals surface area contributed by atoms with Crippen molar-refractivity contribution < 1.29 is 4.39 Å². The van der Waals surface area contributed by atoms with E-state index >= 15 is 0 Å². The Kier molecular flexibility index (Phi) is 6.08. The van der Waals surface area contributed by atoms with Gasteiger partial charge >= 0.3 is 0 Å². The van der Waals surface area contributed by atoms with Crippen molar-refractivity contribution in [1.29, 1.82) is 0 Å². The van der Waals surface area contributed by atoms with Gasteiger partial charge in [-0.2, -0.15) is 0 Å². The van der Waals surface area contributed by atoms with Crippen molar-refractivity contribution in [2.75, 3.05) is 6.54 Å². The molecule has 2 aromatic rings. The van der Waals surface area contributed by atoms with Crippen LogP contribution in [0, 0.1) is 5.82 Å². The van der Waals surface area contributed by atoms with Crippen LogP contribution >= 0.6 is 23.1 Å². The SMILES string of the molecule is CCCc1nnsc1C(Cc1cc(Cl)ccc1F)NCC. The monoisotopic (exact) mass is 327 g/mol. The van der Waals surface area contributed by atoms with Gasteiger partial charge < -0.3 is 5.32 Å². The van der Waals surface area contributed by atoms with Gasteiger partial charge in [0.1, 0.15) is 5.82 Å². The molecule has 0 spiro atoms. The van der Waals surface area contributed by atoms with Gasteiger partial charge in [0, 0.05) is 11.1 Å². The Morgan fingerprint density at radius 2 is 2.19 bits per heavy atom. The van der Waals surface area contributed by atoms with E-state index in [1.54, 1.807) is 12.1 Å². The fourth-order valence-electron chi connectivity index (χ4n) is 2.31. The third-order valence-electron chi connectivity index (χ3n) is 3.27. The van der Waals surface area contributed by atoms with E-state index in [9.17, 15) is 4.39 Å². The van der Waals surface area contributed by atoms with Crippen molar-refractivity contribution in [1.82, 2.24) is 14.9 Å². The molecule has 0 saturated carbocycles. The minimum Gasteiger partial charge on any atom is -0.309 e. The number of aryl methyl sites for hydroxylation is 1. The Balaban J connectivity index is 2.26. The first-order valence-electron chi connectivity index (χ1n) is 7.14. The number of hydrogen-bond donors (Lipinski definition) is 1. The lowest BCUT2D eigenvalue weighted by Gasteiger charge is -2.17. The van der Waals surface area contributed by atoms with E-state index in [0.29, 0.717) is 17.0 Å². The van der Waals surface area contributed by atoms with Crippen LogP contribution in [0.15, 0.2) is 18.2 Å². The van der Waals surface area contributed by atoms with Crippen molar-refractivity contribution in [3.63, 3.8) is 0 Å². The van der Waals surface area contributed by atoms with Gasteiger partial charge in [-0.05, 0) is 54.7 Å². The van der Waals surface area contributed by atoms with Crippen LogP contribution in [0.4, 0.5) is 4.39 Å². The van der Waals surface area contributed by atoms with Gasteiger partial charge in [0.15, 0.2) is 0 Å². The molecule has 1 aromatic carbocycles. The largest absolute Gasteiger partial charge is 0.309 e. The highest BCUT2D eigenvalue weighted by molar-refractivity contribution is 7.05. The third kappa shape index (κ3) is 4.22. The second-order valence-electron chi connectivity index (χ2n) is 4.88. The first-order chi connectivity index (χ1) is 10.2. The van der Waals surface area contributed by atoms with Crippen LogP contribution in [-0.2, 0) is 12.8 Å². The highest BCUT2D eigenvalue weighted by Crippen LogP contribution is 2.27. The summed E-state index contributed by atoms with van der Waals surface area (Å²) in [5.41, 5.74) is 1.63. The highest BCUT2D eigenvalue weighted by Gasteiger charge is 2.20. The zero-order valence-corrected chi connectivity index (χ0v) is 13.8. The molecule has 1 aromatic heterocycles. The van der Waals surface area contributed by atoms with E-state index in [-0.39, 0.29) is 11.9 Å². The average Bonchev–Trinajstić information content (AvgIpc) is 2.91. The Morgan fingerprint density at radius 1 is 1.38 bits per heavy atom. The van der Waals surface area contributed by atoms with E-state index in [4.69, 9.17) is 11.6 Å².